The van der Waals surface area contributed by atoms with Gasteiger partial charge in [-0.25, -0.2) is 13.2 Å². The fourth-order valence-electron chi connectivity index (χ4n) is 1.27. The Kier molecular flexibility index (Phi) is 4.83. The molecule has 0 unspecified atom stereocenters. The van der Waals surface area contributed by atoms with E-state index >= 15 is 0 Å². The van der Waals surface area contributed by atoms with Gasteiger partial charge in [-0.1, -0.05) is 12.2 Å². The molecule has 0 saturated carbocycles. The molecule has 0 aliphatic rings. The smallest absolute Gasteiger partial charge is 0.345 e. The van der Waals surface area contributed by atoms with Crippen LogP contribution in [-0.2, 0) is 10.0 Å². The van der Waals surface area contributed by atoms with E-state index in [-0.39, 0.29) is 22.9 Å². The molecule has 18 heavy (non-hydrogen) atoms. The molecule has 0 saturated heterocycles. The molecule has 1 N–H and O–H groups in total. The first-order valence-corrected chi connectivity index (χ1v) is 7.29. The summed E-state index contributed by atoms with van der Waals surface area (Å²) in [6, 6.07) is 1.15. The van der Waals surface area contributed by atoms with Gasteiger partial charge in [-0.15, -0.1) is 24.5 Å². The summed E-state index contributed by atoms with van der Waals surface area (Å²) in [5.74, 6) is -1.14. The highest BCUT2D eigenvalue weighted by molar-refractivity contribution is 7.89. The fraction of sp³-hybridized carbons (Fsp3) is 0.182. The molecule has 1 aromatic rings. The summed E-state index contributed by atoms with van der Waals surface area (Å²) in [7, 11) is -3.70. The standard InChI is InChI=1S/C11H13NO4S2/c1-3-5-12(6-4-2)18(15,16)9-7-10(11(13)14)17-8-9/h3-4,7-8H,1-2,5-6H2,(H,13,14). The van der Waals surface area contributed by atoms with Gasteiger partial charge in [0, 0.05) is 18.5 Å². The zero-order valence-corrected chi connectivity index (χ0v) is 11.2. The molecule has 1 heterocycles. The van der Waals surface area contributed by atoms with E-state index in [1.165, 1.54) is 21.8 Å². The fourth-order valence-corrected chi connectivity index (χ4v) is 3.75. The number of sulfonamides is 1. The minimum atomic E-state index is -3.70. The topological polar surface area (TPSA) is 74.7 Å². The van der Waals surface area contributed by atoms with Gasteiger partial charge in [0.05, 0.1) is 4.90 Å². The van der Waals surface area contributed by atoms with E-state index in [0.29, 0.717) is 0 Å². The summed E-state index contributed by atoms with van der Waals surface area (Å²) in [6.45, 7) is 7.27. The lowest BCUT2D eigenvalue weighted by molar-refractivity contribution is 0.0702. The van der Waals surface area contributed by atoms with Gasteiger partial charge in [-0.3, -0.25) is 0 Å². The summed E-state index contributed by atoms with van der Waals surface area (Å²) in [6.07, 6.45) is 2.93. The highest BCUT2D eigenvalue weighted by atomic mass is 32.2. The quantitative estimate of drug-likeness (QED) is 0.776. The molecule has 0 radical (unpaired) electrons. The van der Waals surface area contributed by atoms with Crippen LogP contribution in [0.3, 0.4) is 0 Å². The molecule has 0 aromatic carbocycles. The molecule has 0 spiro atoms. The van der Waals surface area contributed by atoms with E-state index in [1.54, 1.807) is 0 Å². The van der Waals surface area contributed by atoms with Gasteiger partial charge >= 0.3 is 5.97 Å². The Morgan fingerprint density at radius 3 is 2.33 bits per heavy atom. The first-order valence-electron chi connectivity index (χ1n) is 4.97. The Labute approximate surface area is 110 Å². The predicted octanol–water partition coefficient (Wildman–Crippen LogP) is 1.81. The van der Waals surface area contributed by atoms with Gasteiger partial charge < -0.3 is 5.11 Å². The Morgan fingerprint density at radius 1 is 1.39 bits per heavy atom. The number of aromatic carboxylic acids is 1. The number of carbonyl (C=O) groups is 1. The van der Waals surface area contributed by atoms with Crippen molar-refractivity contribution in [2.45, 2.75) is 4.90 Å². The lowest BCUT2D eigenvalue weighted by atomic mass is 10.5. The van der Waals surface area contributed by atoms with E-state index in [2.05, 4.69) is 13.2 Å². The van der Waals surface area contributed by atoms with Gasteiger partial charge in [-0.2, -0.15) is 4.31 Å². The zero-order valence-electron chi connectivity index (χ0n) is 9.57. The van der Waals surface area contributed by atoms with Crippen LogP contribution in [0.2, 0.25) is 0 Å². The minimum absolute atomic E-state index is 0.00858. The third-order valence-electron chi connectivity index (χ3n) is 2.09. The molecular weight excluding hydrogens is 274 g/mol. The first-order chi connectivity index (χ1) is 8.43. The average molecular weight is 287 g/mol. The lowest BCUT2D eigenvalue weighted by Gasteiger charge is -2.17. The number of nitrogens with zero attached hydrogens (tertiary/aromatic N) is 1. The molecule has 1 aromatic heterocycles. The molecule has 0 aliphatic carbocycles. The molecule has 0 bridgehead atoms. The zero-order chi connectivity index (χ0) is 13.8. The number of carboxylic acid groups (broad SMARTS) is 1. The average Bonchev–Trinajstić information content (AvgIpc) is 2.78. The second-order valence-electron chi connectivity index (χ2n) is 3.35. The Balaban J connectivity index is 3.12. The van der Waals surface area contributed by atoms with Crippen LogP contribution in [0.15, 0.2) is 41.7 Å². The Bertz CT molecular complexity index is 549. The van der Waals surface area contributed by atoms with Crippen molar-refractivity contribution in [3.63, 3.8) is 0 Å². The molecule has 7 heteroatoms. The van der Waals surface area contributed by atoms with Crippen molar-refractivity contribution in [3.8, 4) is 0 Å². The van der Waals surface area contributed by atoms with E-state index in [4.69, 9.17) is 5.11 Å². The van der Waals surface area contributed by atoms with Gasteiger partial charge in [0.25, 0.3) is 0 Å². The SMILES string of the molecule is C=CCN(CC=C)S(=O)(=O)c1csc(C(=O)O)c1. The van der Waals surface area contributed by atoms with Crippen LogP contribution in [0, 0.1) is 0 Å². The van der Waals surface area contributed by atoms with Crippen molar-refractivity contribution >= 4 is 27.3 Å². The molecular formula is C11H13NO4S2. The van der Waals surface area contributed by atoms with Crippen molar-refractivity contribution in [3.05, 3.63) is 41.6 Å². The van der Waals surface area contributed by atoms with E-state index in [0.717, 1.165) is 17.4 Å². The molecule has 0 atom stereocenters. The van der Waals surface area contributed by atoms with Gasteiger partial charge in [-0.05, 0) is 6.07 Å². The maximum atomic E-state index is 12.2. The van der Waals surface area contributed by atoms with Gasteiger partial charge in [0.15, 0.2) is 0 Å². The first kappa shape index (κ1) is 14.6. The molecule has 1 rings (SSSR count). The number of hydrogen-bond acceptors (Lipinski definition) is 4. The lowest BCUT2D eigenvalue weighted by Crippen LogP contribution is -2.31. The third kappa shape index (κ3) is 3.06. The third-order valence-corrected chi connectivity index (χ3v) is 4.97. The Hall–Kier alpha value is -1.44. The highest BCUT2D eigenvalue weighted by Gasteiger charge is 2.24. The summed E-state index contributed by atoms with van der Waals surface area (Å²) < 4.78 is 25.6. The molecule has 0 amide bonds. The maximum absolute atomic E-state index is 12.2. The second kappa shape index (κ2) is 5.94. The number of hydrogen-bond donors (Lipinski definition) is 1. The van der Waals surface area contributed by atoms with E-state index < -0.39 is 16.0 Å². The van der Waals surface area contributed by atoms with Crippen LogP contribution in [0.4, 0.5) is 0 Å². The predicted molar refractivity (Wildman–Crippen MR) is 70.4 cm³/mol. The highest BCUT2D eigenvalue weighted by Crippen LogP contribution is 2.22. The molecule has 0 fully saturated rings. The van der Waals surface area contributed by atoms with Gasteiger partial charge in [0.2, 0.25) is 10.0 Å². The normalized spacial score (nSPS) is 11.4. The summed E-state index contributed by atoms with van der Waals surface area (Å²) in [5, 5.41) is 10.1. The van der Waals surface area contributed by atoms with Crippen molar-refractivity contribution in [1.29, 1.82) is 0 Å². The van der Waals surface area contributed by atoms with Crippen molar-refractivity contribution in [2.24, 2.45) is 0 Å². The maximum Gasteiger partial charge on any atom is 0.345 e. The van der Waals surface area contributed by atoms with Crippen LogP contribution in [0.25, 0.3) is 0 Å². The van der Waals surface area contributed by atoms with Crippen LogP contribution >= 0.6 is 11.3 Å². The number of carboxylic acids is 1. The number of thiophene rings is 1. The van der Waals surface area contributed by atoms with Crippen LogP contribution in [0.1, 0.15) is 9.67 Å². The number of rotatable bonds is 7. The minimum Gasteiger partial charge on any atom is -0.477 e. The van der Waals surface area contributed by atoms with E-state index in [9.17, 15) is 13.2 Å². The Morgan fingerprint density at radius 2 is 1.94 bits per heavy atom. The summed E-state index contributed by atoms with van der Waals surface area (Å²) in [4.78, 5) is 10.7. The van der Waals surface area contributed by atoms with E-state index in [1.807, 2.05) is 0 Å². The molecule has 5 nitrogen and oxygen atoms in total. The largest absolute Gasteiger partial charge is 0.477 e. The molecule has 0 aliphatic heterocycles. The van der Waals surface area contributed by atoms with Crippen LogP contribution < -0.4 is 0 Å². The summed E-state index contributed by atoms with van der Waals surface area (Å²) in [5.41, 5.74) is 0. The second-order valence-corrected chi connectivity index (χ2v) is 6.20. The molecule has 98 valence electrons. The van der Waals surface area contributed by atoms with Gasteiger partial charge in [0.1, 0.15) is 4.88 Å². The van der Waals surface area contributed by atoms with Crippen molar-refractivity contribution in [2.75, 3.05) is 13.1 Å². The van der Waals surface area contributed by atoms with Crippen molar-refractivity contribution < 1.29 is 18.3 Å². The van der Waals surface area contributed by atoms with Crippen LogP contribution in [-0.4, -0.2) is 36.9 Å². The van der Waals surface area contributed by atoms with Crippen molar-refractivity contribution in [1.82, 2.24) is 4.31 Å². The van der Waals surface area contributed by atoms with Crippen LogP contribution in [0.5, 0.6) is 0 Å². The summed E-state index contributed by atoms with van der Waals surface area (Å²) >= 11 is 0.881. The monoisotopic (exact) mass is 287 g/mol.